The lowest BCUT2D eigenvalue weighted by Gasteiger charge is -2.11. The molecule has 1 aromatic heterocycles. The summed E-state index contributed by atoms with van der Waals surface area (Å²) in [5.74, 6) is -0.0957. The summed E-state index contributed by atoms with van der Waals surface area (Å²) >= 11 is 0. The number of fused-ring (bicyclic) bond motifs is 1. The average Bonchev–Trinajstić information content (AvgIpc) is 2.93. The van der Waals surface area contributed by atoms with Crippen LogP contribution in [0.3, 0.4) is 0 Å². The molecule has 0 unspecified atom stereocenters. The Bertz CT molecular complexity index is 925. The fourth-order valence-electron chi connectivity index (χ4n) is 2.65. The Kier molecular flexibility index (Phi) is 4.49. The van der Waals surface area contributed by atoms with E-state index in [1.54, 1.807) is 0 Å². The van der Waals surface area contributed by atoms with Gasteiger partial charge < -0.3 is 9.88 Å². The van der Waals surface area contributed by atoms with E-state index in [2.05, 4.69) is 42.8 Å². The molecule has 0 radical (unpaired) electrons. The number of carbonyl (C=O) groups excluding carboxylic acids is 1. The molecular weight excluding hydrogens is 308 g/mol. The fraction of sp³-hybridized carbons (Fsp3) is 0.227. The van der Waals surface area contributed by atoms with Crippen LogP contribution in [0.1, 0.15) is 36.7 Å². The third-order valence-corrected chi connectivity index (χ3v) is 4.09. The maximum atomic E-state index is 12.4. The van der Waals surface area contributed by atoms with E-state index in [1.165, 1.54) is 0 Å². The molecule has 0 atom stereocenters. The summed E-state index contributed by atoms with van der Waals surface area (Å²) in [7, 11) is 2.01. The van der Waals surface area contributed by atoms with Gasteiger partial charge in [-0.15, -0.1) is 0 Å². The quantitative estimate of drug-likeness (QED) is 0.676. The van der Waals surface area contributed by atoms with E-state index in [0.29, 0.717) is 5.56 Å². The van der Waals surface area contributed by atoms with Crippen molar-refractivity contribution in [1.82, 2.24) is 4.57 Å². The fourth-order valence-corrected chi connectivity index (χ4v) is 2.65. The molecule has 1 amide bonds. The highest BCUT2D eigenvalue weighted by atomic mass is 16.1. The Morgan fingerprint density at radius 1 is 1.04 bits per heavy atom. The van der Waals surface area contributed by atoms with E-state index >= 15 is 0 Å². The summed E-state index contributed by atoms with van der Waals surface area (Å²) in [5.41, 5.74) is 3.85. The number of anilines is 1. The van der Waals surface area contributed by atoms with Crippen molar-refractivity contribution in [2.24, 2.45) is 12.5 Å². The highest BCUT2D eigenvalue weighted by Gasteiger charge is 2.08. The van der Waals surface area contributed by atoms with E-state index < -0.39 is 0 Å². The summed E-state index contributed by atoms with van der Waals surface area (Å²) in [6.07, 6.45) is 6.27. The first-order valence-electron chi connectivity index (χ1n) is 8.48. The van der Waals surface area contributed by atoms with Gasteiger partial charge in [0, 0.05) is 35.4 Å². The number of aromatic nitrogens is 1. The van der Waals surface area contributed by atoms with Crippen molar-refractivity contribution in [1.29, 1.82) is 0 Å². The van der Waals surface area contributed by atoms with Crippen LogP contribution in [0.5, 0.6) is 0 Å². The lowest BCUT2D eigenvalue weighted by Crippen LogP contribution is -2.11. The Hall–Kier alpha value is -2.81. The lowest BCUT2D eigenvalue weighted by molar-refractivity contribution is 0.102. The maximum Gasteiger partial charge on any atom is 0.255 e. The van der Waals surface area contributed by atoms with Gasteiger partial charge in [-0.2, -0.15) is 0 Å². The van der Waals surface area contributed by atoms with Crippen LogP contribution in [0, 0.1) is 5.41 Å². The van der Waals surface area contributed by atoms with Crippen molar-refractivity contribution in [2.45, 2.75) is 20.8 Å². The molecule has 0 fully saturated rings. The van der Waals surface area contributed by atoms with E-state index in [0.717, 1.165) is 22.2 Å². The molecule has 3 rings (SSSR count). The molecule has 3 aromatic rings. The highest BCUT2D eigenvalue weighted by Crippen LogP contribution is 2.21. The van der Waals surface area contributed by atoms with Gasteiger partial charge in [0.2, 0.25) is 0 Å². The summed E-state index contributed by atoms with van der Waals surface area (Å²) in [6, 6.07) is 15.6. The summed E-state index contributed by atoms with van der Waals surface area (Å²) in [4.78, 5) is 12.4. The number of carbonyl (C=O) groups is 1. The Morgan fingerprint density at radius 3 is 2.44 bits per heavy atom. The first-order valence-corrected chi connectivity index (χ1v) is 8.48. The van der Waals surface area contributed by atoms with Gasteiger partial charge in [0.1, 0.15) is 0 Å². The third-order valence-electron chi connectivity index (χ3n) is 4.09. The monoisotopic (exact) mass is 332 g/mol. The molecule has 0 aliphatic carbocycles. The first kappa shape index (κ1) is 17.0. The zero-order valence-corrected chi connectivity index (χ0v) is 15.2. The van der Waals surface area contributed by atoms with Gasteiger partial charge in [0.25, 0.3) is 5.91 Å². The SMILES string of the molecule is Cn1ccc2cc(NC(=O)c3ccc(/C=C/C(C)(C)C)cc3)ccc21. The smallest absolute Gasteiger partial charge is 0.255 e. The molecule has 2 aromatic carbocycles. The number of aryl methyl sites for hydroxylation is 1. The van der Waals surface area contributed by atoms with Crippen LogP contribution in [0.2, 0.25) is 0 Å². The molecule has 128 valence electrons. The number of hydrogen-bond acceptors (Lipinski definition) is 1. The molecule has 0 spiro atoms. The van der Waals surface area contributed by atoms with Crippen LogP contribution in [-0.2, 0) is 7.05 Å². The van der Waals surface area contributed by atoms with E-state index in [9.17, 15) is 4.79 Å². The van der Waals surface area contributed by atoms with Gasteiger partial charge in [0.15, 0.2) is 0 Å². The predicted octanol–water partition coefficient (Wildman–Crippen LogP) is 5.49. The largest absolute Gasteiger partial charge is 0.351 e. The second kappa shape index (κ2) is 6.60. The number of hydrogen-bond donors (Lipinski definition) is 1. The van der Waals surface area contributed by atoms with Gasteiger partial charge in [-0.25, -0.2) is 0 Å². The van der Waals surface area contributed by atoms with Crippen LogP contribution in [0.4, 0.5) is 5.69 Å². The van der Waals surface area contributed by atoms with E-state index in [4.69, 9.17) is 0 Å². The van der Waals surface area contributed by atoms with Crippen molar-refractivity contribution < 1.29 is 4.79 Å². The lowest BCUT2D eigenvalue weighted by atomic mass is 9.95. The molecular formula is C22H24N2O. The van der Waals surface area contributed by atoms with Gasteiger partial charge in [-0.05, 0) is 47.4 Å². The second-order valence-corrected chi connectivity index (χ2v) is 7.48. The number of nitrogens with one attached hydrogen (secondary N) is 1. The van der Waals surface area contributed by atoms with Gasteiger partial charge in [-0.3, -0.25) is 4.79 Å². The zero-order chi connectivity index (χ0) is 18.0. The summed E-state index contributed by atoms with van der Waals surface area (Å²) in [5, 5.41) is 4.08. The Labute approximate surface area is 149 Å². The number of rotatable bonds is 3. The maximum absolute atomic E-state index is 12.4. The zero-order valence-electron chi connectivity index (χ0n) is 15.2. The minimum absolute atomic E-state index is 0.0957. The summed E-state index contributed by atoms with van der Waals surface area (Å²) in [6.45, 7) is 6.48. The number of allylic oxidation sites excluding steroid dienone is 1. The van der Waals surface area contributed by atoms with Gasteiger partial charge >= 0.3 is 0 Å². The van der Waals surface area contributed by atoms with E-state index in [-0.39, 0.29) is 11.3 Å². The normalized spacial score (nSPS) is 12.0. The number of nitrogens with zero attached hydrogens (tertiary/aromatic N) is 1. The van der Waals surface area contributed by atoms with Crippen molar-refractivity contribution in [3.05, 3.63) is 71.9 Å². The molecule has 0 saturated carbocycles. The molecule has 0 saturated heterocycles. The van der Waals surface area contributed by atoms with Crippen molar-refractivity contribution in [3.8, 4) is 0 Å². The molecule has 3 heteroatoms. The minimum atomic E-state index is -0.0957. The van der Waals surface area contributed by atoms with Crippen molar-refractivity contribution in [2.75, 3.05) is 5.32 Å². The molecule has 1 heterocycles. The molecule has 0 aliphatic rings. The van der Waals surface area contributed by atoms with E-state index in [1.807, 2.05) is 61.8 Å². The second-order valence-electron chi connectivity index (χ2n) is 7.48. The van der Waals surface area contributed by atoms with Crippen LogP contribution in [0.25, 0.3) is 17.0 Å². The van der Waals surface area contributed by atoms with Crippen LogP contribution in [-0.4, -0.2) is 10.5 Å². The standard InChI is InChI=1S/C22H24N2O/c1-22(2,3)13-11-16-5-7-17(8-6-16)21(25)23-19-9-10-20-18(15-19)12-14-24(20)4/h5-15H,1-4H3,(H,23,25)/b13-11+. The Morgan fingerprint density at radius 2 is 1.76 bits per heavy atom. The topological polar surface area (TPSA) is 34.0 Å². The van der Waals surface area contributed by atoms with Gasteiger partial charge in [-0.1, -0.05) is 45.1 Å². The van der Waals surface area contributed by atoms with Crippen LogP contribution < -0.4 is 5.32 Å². The summed E-state index contributed by atoms with van der Waals surface area (Å²) < 4.78 is 2.06. The molecule has 0 bridgehead atoms. The molecule has 25 heavy (non-hydrogen) atoms. The Balaban J connectivity index is 1.72. The van der Waals surface area contributed by atoms with Crippen molar-refractivity contribution >= 4 is 28.6 Å². The predicted molar refractivity (Wildman–Crippen MR) is 106 cm³/mol. The number of benzene rings is 2. The number of amides is 1. The molecule has 0 aliphatic heterocycles. The third kappa shape index (κ3) is 4.18. The van der Waals surface area contributed by atoms with Gasteiger partial charge in [0.05, 0.1) is 0 Å². The molecule has 1 N–H and O–H groups in total. The highest BCUT2D eigenvalue weighted by molar-refractivity contribution is 6.05. The van der Waals surface area contributed by atoms with Crippen LogP contribution >= 0.6 is 0 Å². The minimum Gasteiger partial charge on any atom is -0.351 e. The van der Waals surface area contributed by atoms with Crippen molar-refractivity contribution in [3.63, 3.8) is 0 Å². The first-order chi connectivity index (χ1) is 11.8. The molecule has 3 nitrogen and oxygen atoms in total. The average molecular weight is 332 g/mol. The van der Waals surface area contributed by atoms with Crippen LogP contribution in [0.15, 0.2) is 60.8 Å².